The van der Waals surface area contributed by atoms with Crippen molar-refractivity contribution in [2.45, 2.75) is 20.8 Å². The van der Waals surface area contributed by atoms with Gasteiger partial charge in [-0.25, -0.2) is 4.98 Å². The van der Waals surface area contributed by atoms with Gasteiger partial charge in [0, 0.05) is 19.2 Å². The summed E-state index contributed by atoms with van der Waals surface area (Å²) in [6.07, 6.45) is 1.17. The third-order valence-corrected chi connectivity index (χ3v) is 3.04. The van der Waals surface area contributed by atoms with Crippen molar-refractivity contribution in [2.75, 3.05) is 24.5 Å². The van der Waals surface area contributed by atoms with Crippen molar-refractivity contribution >= 4 is 11.5 Å². The maximum Gasteiger partial charge on any atom is 0.289 e. The standard InChI is InChI=1S/C13H19N5O2/c1-4-17(9-13(2,3)8-15)12-10(6-14)5-11(7-16-12)18(19)20/h5,7H,4,8-9,15H2,1-3H3. The summed E-state index contributed by atoms with van der Waals surface area (Å²) in [7, 11) is 0. The molecule has 7 heteroatoms. The number of hydrogen-bond acceptors (Lipinski definition) is 6. The predicted molar refractivity (Wildman–Crippen MR) is 76.3 cm³/mol. The maximum atomic E-state index is 10.7. The molecule has 0 aliphatic carbocycles. The molecule has 0 fully saturated rings. The number of nitrogens with two attached hydrogens (primary N) is 1. The number of rotatable bonds is 6. The molecule has 0 aromatic carbocycles. The lowest BCUT2D eigenvalue weighted by Crippen LogP contribution is -2.39. The molecular weight excluding hydrogens is 258 g/mol. The molecule has 1 heterocycles. The number of aromatic nitrogens is 1. The van der Waals surface area contributed by atoms with Crippen LogP contribution in [-0.2, 0) is 0 Å². The van der Waals surface area contributed by atoms with Crippen molar-refractivity contribution in [3.63, 3.8) is 0 Å². The maximum absolute atomic E-state index is 10.7. The van der Waals surface area contributed by atoms with E-state index in [0.717, 1.165) is 0 Å². The van der Waals surface area contributed by atoms with E-state index in [9.17, 15) is 10.1 Å². The van der Waals surface area contributed by atoms with Gasteiger partial charge < -0.3 is 10.6 Å². The minimum atomic E-state index is -0.558. The molecule has 0 atom stereocenters. The second kappa shape index (κ2) is 6.30. The van der Waals surface area contributed by atoms with Crippen molar-refractivity contribution in [1.29, 1.82) is 5.26 Å². The Bertz CT molecular complexity index is 536. The van der Waals surface area contributed by atoms with Crippen LogP contribution < -0.4 is 10.6 Å². The fraction of sp³-hybridized carbons (Fsp3) is 0.538. The van der Waals surface area contributed by atoms with Crippen LogP contribution in [0.3, 0.4) is 0 Å². The van der Waals surface area contributed by atoms with E-state index in [1.165, 1.54) is 12.3 Å². The molecule has 0 amide bonds. The summed E-state index contributed by atoms with van der Waals surface area (Å²) in [6, 6.07) is 3.22. The highest BCUT2D eigenvalue weighted by atomic mass is 16.6. The largest absolute Gasteiger partial charge is 0.355 e. The molecule has 0 saturated heterocycles. The number of pyridine rings is 1. The van der Waals surface area contributed by atoms with Crippen LogP contribution in [0.5, 0.6) is 0 Å². The van der Waals surface area contributed by atoms with Crippen LogP contribution in [-0.4, -0.2) is 29.5 Å². The molecule has 0 radical (unpaired) electrons. The Morgan fingerprint density at radius 3 is 2.70 bits per heavy atom. The molecule has 0 aliphatic heterocycles. The molecule has 7 nitrogen and oxygen atoms in total. The Morgan fingerprint density at radius 2 is 2.25 bits per heavy atom. The third-order valence-electron chi connectivity index (χ3n) is 3.04. The van der Waals surface area contributed by atoms with Crippen LogP contribution in [0.25, 0.3) is 0 Å². The van der Waals surface area contributed by atoms with Gasteiger partial charge in [0.05, 0.1) is 4.92 Å². The Balaban J connectivity index is 3.16. The lowest BCUT2D eigenvalue weighted by Gasteiger charge is -2.32. The topological polar surface area (TPSA) is 109 Å². The number of anilines is 1. The smallest absolute Gasteiger partial charge is 0.289 e. The lowest BCUT2D eigenvalue weighted by atomic mass is 9.93. The summed E-state index contributed by atoms with van der Waals surface area (Å²) in [5, 5.41) is 19.9. The highest BCUT2D eigenvalue weighted by Gasteiger charge is 2.23. The minimum absolute atomic E-state index is 0.133. The minimum Gasteiger partial charge on any atom is -0.355 e. The zero-order valence-electron chi connectivity index (χ0n) is 12.0. The Morgan fingerprint density at radius 1 is 1.60 bits per heavy atom. The normalized spacial score (nSPS) is 10.9. The van der Waals surface area contributed by atoms with Crippen LogP contribution in [0.1, 0.15) is 26.3 Å². The fourth-order valence-corrected chi connectivity index (χ4v) is 1.80. The van der Waals surface area contributed by atoms with Crippen LogP contribution in [0, 0.1) is 26.9 Å². The van der Waals surface area contributed by atoms with Gasteiger partial charge in [-0.15, -0.1) is 0 Å². The van der Waals surface area contributed by atoms with Gasteiger partial charge in [0.15, 0.2) is 0 Å². The number of nitrogens with zero attached hydrogens (tertiary/aromatic N) is 4. The van der Waals surface area contributed by atoms with Gasteiger partial charge in [-0.05, 0) is 18.9 Å². The van der Waals surface area contributed by atoms with Gasteiger partial charge in [0.25, 0.3) is 5.69 Å². The zero-order valence-corrected chi connectivity index (χ0v) is 12.0. The van der Waals surface area contributed by atoms with Crippen molar-refractivity contribution < 1.29 is 4.92 Å². The van der Waals surface area contributed by atoms with Crippen molar-refractivity contribution in [2.24, 2.45) is 11.1 Å². The Kier molecular flexibility index (Phi) is 5.00. The molecular formula is C13H19N5O2. The lowest BCUT2D eigenvalue weighted by molar-refractivity contribution is -0.385. The second-order valence-electron chi connectivity index (χ2n) is 5.32. The van der Waals surface area contributed by atoms with Gasteiger partial charge in [-0.3, -0.25) is 10.1 Å². The van der Waals surface area contributed by atoms with E-state index >= 15 is 0 Å². The van der Waals surface area contributed by atoms with Gasteiger partial charge in [-0.2, -0.15) is 5.26 Å². The highest BCUT2D eigenvalue weighted by Crippen LogP contribution is 2.25. The van der Waals surface area contributed by atoms with E-state index < -0.39 is 4.92 Å². The Hall–Kier alpha value is -2.20. The summed E-state index contributed by atoms with van der Waals surface area (Å²) in [5.74, 6) is 0.460. The summed E-state index contributed by atoms with van der Waals surface area (Å²) in [5.41, 5.74) is 5.61. The Labute approximate surface area is 118 Å². The van der Waals surface area contributed by atoms with E-state index in [1.54, 1.807) is 0 Å². The van der Waals surface area contributed by atoms with E-state index in [1.807, 2.05) is 31.7 Å². The molecule has 0 spiro atoms. The third kappa shape index (κ3) is 3.65. The molecule has 108 valence electrons. The molecule has 1 aromatic rings. The van der Waals surface area contributed by atoms with Gasteiger partial charge in [0.1, 0.15) is 23.6 Å². The van der Waals surface area contributed by atoms with Crippen molar-refractivity contribution in [3.8, 4) is 6.07 Å². The van der Waals surface area contributed by atoms with Gasteiger partial charge in [0.2, 0.25) is 0 Å². The number of hydrogen-bond donors (Lipinski definition) is 1. The SMILES string of the molecule is CCN(CC(C)(C)CN)c1ncc([N+](=O)[O-])cc1C#N. The molecule has 0 unspecified atom stereocenters. The van der Waals surface area contributed by atoms with E-state index in [2.05, 4.69) is 4.98 Å². The first kappa shape index (κ1) is 15.9. The summed E-state index contributed by atoms with van der Waals surface area (Å²) in [6.45, 7) is 7.75. The average molecular weight is 277 g/mol. The molecule has 0 bridgehead atoms. The average Bonchev–Trinajstić information content (AvgIpc) is 2.44. The van der Waals surface area contributed by atoms with Crippen molar-refractivity contribution in [1.82, 2.24) is 4.98 Å². The van der Waals surface area contributed by atoms with Crippen LogP contribution in [0.2, 0.25) is 0 Å². The highest BCUT2D eigenvalue weighted by molar-refractivity contribution is 5.57. The molecule has 2 N–H and O–H groups in total. The monoisotopic (exact) mass is 277 g/mol. The van der Waals surface area contributed by atoms with Crippen LogP contribution in [0.4, 0.5) is 11.5 Å². The van der Waals surface area contributed by atoms with Gasteiger partial charge in [-0.1, -0.05) is 13.8 Å². The second-order valence-corrected chi connectivity index (χ2v) is 5.32. The van der Waals surface area contributed by atoms with Crippen LogP contribution in [0.15, 0.2) is 12.3 Å². The summed E-state index contributed by atoms with van der Waals surface area (Å²) in [4.78, 5) is 16.2. The molecule has 20 heavy (non-hydrogen) atoms. The van der Waals surface area contributed by atoms with E-state index in [0.29, 0.717) is 25.5 Å². The predicted octanol–water partition coefficient (Wildman–Crippen LogP) is 1.67. The first-order valence-electron chi connectivity index (χ1n) is 6.34. The fourth-order valence-electron chi connectivity index (χ4n) is 1.80. The zero-order chi connectivity index (χ0) is 15.3. The van der Waals surface area contributed by atoms with E-state index in [4.69, 9.17) is 11.0 Å². The van der Waals surface area contributed by atoms with Gasteiger partial charge >= 0.3 is 0 Å². The summed E-state index contributed by atoms with van der Waals surface area (Å²) >= 11 is 0. The first-order chi connectivity index (χ1) is 9.34. The molecule has 0 saturated carbocycles. The van der Waals surface area contributed by atoms with Crippen LogP contribution >= 0.6 is 0 Å². The molecule has 0 aliphatic rings. The molecule has 1 aromatic heterocycles. The molecule has 1 rings (SSSR count). The first-order valence-corrected chi connectivity index (χ1v) is 6.34. The number of nitriles is 1. The van der Waals surface area contributed by atoms with Crippen molar-refractivity contribution in [3.05, 3.63) is 27.9 Å². The number of nitro groups is 1. The quantitative estimate of drug-likeness (QED) is 0.625. The summed E-state index contributed by atoms with van der Waals surface area (Å²) < 4.78 is 0. The van der Waals surface area contributed by atoms with E-state index in [-0.39, 0.29) is 16.7 Å².